The van der Waals surface area contributed by atoms with Gasteiger partial charge in [-0.25, -0.2) is 0 Å². The first-order valence-corrected chi connectivity index (χ1v) is 15.0. The number of fused-ring (bicyclic) bond motifs is 4. The zero-order valence-electron chi connectivity index (χ0n) is 24.3. The number of aromatic hydroxyl groups is 1. The van der Waals surface area contributed by atoms with Crippen LogP contribution in [0, 0.1) is 43.4 Å². The summed E-state index contributed by atoms with van der Waals surface area (Å²) in [5.74, 6) is -3.55. The molecule has 2 aliphatic heterocycles. The third kappa shape index (κ3) is 4.32. The lowest BCUT2D eigenvalue weighted by molar-refractivity contribution is -0.142. The van der Waals surface area contributed by atoms with Gasteiger partial charge in [0, 0.05) is 5.92 Å². The number of phenolic OH excluding ortho intramolecular Hbond substituents is 1. The summed E-state index contributed by atoms with van der Waals surface area (Å²) >= 11 is 0. The molecular formula is C36H34N2O5. The van der Waals surface area contributed by atoms with Crippen LogP contribution in [0.25, 0.3) is 0 Å². The van der Waals surface area contributed by atoms with Gasteiger partial charge in [0.25, 0.3) is 0 Å². The van der Waals surface area contributed by atoms with Crippen molar-refractivity contribution in [1.29, 1.82) is 0 Å². The molecule has 2 saturated heterocycles. The van der Waals surface area contributed by atoms with Crippen molar-refractivity contribution in [2.75, 3.05) is 0 Å². The van der Waals surface area contributed by atoms with E-state index >= 15 is 0 Å². The minimum absolute atomic E-state index is 0.163. The van der Waals surface area contributed by atoms with Gasteiger partial charge in [-0.1, -0.05) is 84.4 Å². The summed E-state index contributed by atoms with van der Waals surface area (Å²) in [4.78, 5) is 58.6. The summed E-state index contributed by atoms with van der Waals surface area (Å²) in [5, 5.41) is 10.6. The standard InChI is InChI=1S/C36H34N2O5/c1-20-15-24(16-21(2)32(20)39)29-25-13-14-26-30(35(42)37(33(26)40)18-22-9-5-3-6-10-22)27(25)17-28-31(29)36(43)38(34(28)41)19-23-11-7-4-8-12-23/h3-13,15-16,26-31,39H,14,17-19H2,1-2H3. The van der Waals surface area contributed by atoms with E-state index in [1.165, 1.54) is 9.80 Å². The molecule has 0 spiro atoms. The summed E-state index contributed by atoms with van der Waals surface area (Å²) in [7, 11) is 0. The topological polar surface area (TPSA) is 95.0 Å². The Morgan fingerprint density at radius 1 is 0.674 bits per heavy atom. The average molecular weight is 575 g/mol. The molecule has 4 amide bonds. The lowest BCUT2D eigenvalue weighted by atomic mass is 9.57. The van der Waals surface area contributed by atoms with E-state index in [9.17, 15) is 24.3 Å². The summed E-state index contributed by atoms with van der Waals surface area (Å²) < 4.78 is 0. The molecule has 6 atom stereocenters. The highest BCUT2D eigenvalue weighted by Gasteiger charge is 2.61. The molecule has 4 aliphatic rings. The van der Waals surface area contributed by atoms with Crippen molar-refractivity contribution in [3.05, 3.63) is 112 Å². The molecule has 6 unspecified atom stereocenters. The van der Waals surface area contributed by atoms with Gasteiger partial charge in [-0.3, -0.25) is 29.0 Å². The maximum absolute atomic E-state index is 14.1. The van der Waals surface area contributed by atoms with Gasteiger partial charge >= 0.3 is 0 Å². The fraction of sp³-hybridized carbons (Fsp3) is 0.333. The number of carbonyl (C=O) groups is 4. The molecule has 7 heteroatoms. The molecule has 1 N–H and O–H groups in total. The maximum atomic E-state index is 14.1. The Balaban J connectivity index is 1.29. The number of likely N-dealkylation sites (tertiary alicyclic amines) is 2. The number of aryl methyl sites for hydroxylation is 2. The summed E-state index contributed by atoms with van der Waals surface area (Å²) in [5.41, 5.74) is 4.99. The molecule has 7 rings (SSSR count). The molecule has 2 heterocycles. The third-order valence-corrected chi connectivity index (χ3v) is 10.1. The molecule has 0 aromatic heterocycles. The second-order valence-electron chi connectivity index (χ2n) is 12.5. The van der Waals surface area contributed by atoms with Crippen molar-refractivity contribution in [3.63, 3.8) is 0 Å². The van der Waals surface area contributed by atoms with Crippen LogP contribution >= 0.6 is 0 Å². The minimum atomic E-state index is -0.605. The zero-order valence-corrected chi connectivity index (χ0v) is 24.3. The van der Waals surface area contributed by atoms with Crippen LogP contribution in [0.1, 0.15) is 46.6 Å². The molecule has 3 fully saturated rings. The SMILES string of the molecule is Cc1cc(C2C3=CCC4C(=O)N(Cc5ccccc5)C(=O)C4C3CC3C(=O)N(Cc4ccccc4)C(=O)C32)cc(C)c1O. The van der Waals surface area contributed by atoms with Gasteiger partial charge in [0.1, 0.15) is 5.75 Å². The lowest BCUT2D eigenvalue weighted by Crippen LogP contribution is -2.43. The highest BCUT2D eigenvalue weighted by Crippen LogP contribution is 2.58. The molecule has 3 aromatic rings. The summed E-state index contributed by atoms with van der Waals surface area (Å²) in [6.07, 6.45) is 2.85. The number of phenols is 1. The monoisotopic (exact) mass is 574 g/mol. The van der Waals surface area contributed by atoms with Gasteiger partial charge in [0.2, 0.25) is 23.6 Å². The smallest absolute Gasteiger partial charge is 0.234 e. The minimum Gasteiger partial charge on any atom is -0.507 e. The Labute approximate surface area is 250 Å². The van der Waals surface area contributed by atoms with Crippen molar-refractivity contribution in [2.24, 2.45) is 29.6 Å². The Morgan fingerprint density at radius 2 is 1.19 bits per heavy atom. The van der Waals surface area contributed by atoms with E-state index in [0.29, 0.717) is 24.0 Å². The summed E-state index contributed by atoms with van der Waals surface area (Å²) in [6, 6.07) is 22.8. The predicted octanol–water partition coefficient (Wildman–Crippen LogP) is 5.05. The van der Waals surface area contributed by atoms with Crippen molar-refractivity contribution in [2.45, 2.75) is 45.7 Å². The third-order valence-electron chi connectivity index (χ3n) is 10.1. The first kappa shape index (κ1) is 27.3. The van der Waals surface area contributed by atoms with Gasteiger partial charge in [0.05, 0.1) is 36.8 Å². The van der Waals surface area contributed by atoms with Crippen molar-refractivity contribution in [3.8, 4) is 5.75 Å². The molecular weight excluding hydrogens is 540 g/mol. The highest BCUT2D eigenvalue weighted by molar-refractivity contribution is 6.08. The molecule has 3 aromatic carbocycles. The molecule has 43 heavy (non-hydrogen) atoms. The van der Waals surface area contributed by atoms with Crippen LogP contribution < -0.4 is 0 Å². The van der Waals surface area contributed by atoms with Gasteiger partial charge < -0.3 is 5.11 Å². The second-order valence-corrected chi connectivity index (χ2v) is 12.5. The van der Waals surface area contributed by atoms with Crippen molar-refractivity contribution in [1.82, 2.24) is 9.80 Å². The normalized spacial score (nSPS) is 28.1. The number of nitrogens with zero attached hydrogens (tertiary/aromatic N) is 2. The molecule has 0 radical (unpaired) electrons. The fourth-order valence-corrected chi connectivity index (χ4v) is 8.11. The zero-order chi connectivity index (χ0) is 30.0. The van der Waals surface area contributed by atoms with E-state index in [-0.39, 0.29) is 48.4 Å². The Hall–Kier alpha value is -4.52. The van der Waals surface area contributed by atoms with Crippen LogP contribution in [0.2, 0.25) is 0 Å². The van der Waals surface area contributed by atoms with E-state index in [1.54, 1.807) is 0 Å². The van der Waals surface area contributed by atoms with Gasteiger partial charge in [-0.05, 0) is 60.4 Å². The van der Waals surface area contributed by atoms with Crippen LogP contribution in [-0.2, 0) is 32.3 Å². The predicted molar refractivity (Wildman–Crippen MR) is 159 cm³/mol. The number of benzene rings is 3. The molecule has 0 bridgehead atoms. The maximum Gasteiger partial charge on any atom is 0.234 e. The number of imide groups is 2. The Kier molecular flexibility index (Phi) is 6.56. The Morgan fingerprint density at radius 3 is 1.74 bits per heavy atom. The van der Waals surface area contributed by atoms with E-state index < -0.39 is 29.6 Å². The second kappa shape index (κ2) is 10.3. The number of hydrogen-bond donors (Lipinski definition) is 1. The quantitative estimate of drug-likeness (QED) is 0.340. The van der Waals surface area contributed by atoms with Crippen LogP contribution in [0.4, 0.5) is 0 Å². The van der Waals surface area contributed by atoms with Crippen LogP contribution in [0.15, 0.2) is 84.4 Å². The van der Waals surface area contributed by atoms with Crippen LogP contribution in [0.5, 0.6) is 5.75 Å². The first-order chi connectivity index (χ1) is 20.7. The van der Waals surface area contributed by atoms with E-state index in [2.05, 4.69) is 6.08 Å². The van der Waals surface area contributed by atoms with E-state index in [0.717, 1.165) is 22.3 Å². The first-order valence-electron chi connectivity index (χ1n) is 15.0. The molecule has 2 aliphatic carbocycles. The van der Waals surface area contributed by atoms with E-state index in [4.69, 9.17) is 0 Å². The van der Waals surface area contributed by atoms with Gasteiger partial charge in [-0.15, -0.1) is 0 Å². The van der Waals surface area contributed by atoms with Crippen LogP contribution in [-0.4, -0.2) is 38.5 Å². The van der Waals surface area contributed by atoms with E-state index in [1.807, 2.05) is 86.6 Å². The largest absolute Gasteiger partial charge is 0.507 e. The van der Waals surface area contributed by atoms with Gasteiger partial charge in [0.15, 0.2) is 0 Å². The van der Waals surface area contributed by atoms with Crippen molar-refractivity contribution >= 4 is 23.6 Å². The van der Waals surface area contributed by atoms with Crippen molar-refractivity contribution < 1.29 is 24.3 Å². The highest BCUT2D eigenvalue weighted by atomic mass is 16.3. The number of carbonyl (C=O) groups excluding carboxylic acids is 4. The average Bonchev–Trinajstić information content (AvgIpc) is 3.39. The lowest BCUT2D eigenvalue weighted by Gasteiger charge is -2.44. The molecule has 1 saturated carbocycles. The molecule has 7 nitrogen and oxygen atoms in total. The number of rotatable bonds is 5. The number of amides is 4. The summed E-state index contributed by atoms with van der Waals surface area (Å²) in [6.45, 7) is 4.09. The molecule has 218 valence electrons. The number of allylic oxidation sites excluding steroid dienone is 2. The number of hydrogen-bond acceptors (Lipinski definition) is 5. The Bertz CT molecular complexity index is 1660. The fourth-order valence-electron chi connectivity index (χ4n) is 8.11. The van der Waals surface area contributed by atoms with Crippen LogP contribution in [0.3, 0.4) is 0 Å². The van der Waals surface area contributed by atoms with Gasteiger partial charge in [-0.2, -0.15) is 0 Å².